The molecule has 1 heterocycles. The van der Waals surface area contributed by atoms with Gasteiger partial charge in [0.25, 0.3) is 0 Å². The van der Waals surface area contributed by atoms with Gasteiger partial charge in [0, 0.05) is 13.1 Å². The smallest absolute Gasteiger partial charge is 0.232 e. The predicted octanol–water partition coefficient (Wildman–Crippen LogP) is 2.07. The number of halogens is 1. The lowest BCUT2D eigenvalue weighted by Gasteiger charge is -2.37. The van der Waals surface area contributed by atoms with E-state index in [4.69, 9.17) is 0 Å². The average molecular weight is 281 g/mol. The maximum absolute atomic E-state index is 11.4. The molecular weight excluding hydrogens is 265 g/mol. The SMILES string of the molecule is CC1(C)CCCN(C(=O)CI)C1. The number of carbonyl (C=O) groups excluding carboxylic acids is 1. The molecule has 0 bridgehead atoms. The summed E-state index contributed by atoms with van der Waals surface area (Å²) in [5, 5.41) is 0. The lowest BCUT2D eigenvalue weighted by molar-refractivity contribution is -0.131. The fourth-order valence-electron chi connectivity index (χ4n) is 1.72. The Morgan fingerprint density at radius 3 is 2.75 bits per heavy atom. The first-order valence-corrected chi connectivity index (χ1v) is 5.91. The van der Waals surface area contributed by atoms with Gasteiger partial charge in [0.05, 0.1) is 4.43 Å². The van der Waals surface area contributed by atoms with Crippen molar-refractivity contribution in [3.05, 3.63) is 0 Å². The summed E-state index contributed by atoms with van der Waals surface area (Å²) in [5.74, 6) is 0.295. The van der Waals surface area contributed by atoms with Crippen LogP contribution in [0.25, 0.3) is 0 Å². The molecule has 2 nitrogen and oxygen atoms in total. The molecule has 1 rings (SSSR count). The summed E-state index contributed by atoms with van der Waals surface area (Å²) in [6.45, 7) is 6.37. The van der Waals surface area contributed by atoms with E-state index < -0.39 is 0 Å². The Morgan fingerprint density at radius 2 is 2.25 bits per heavy atom. The van der Waals surface area contributed by atoms with Crippen molar-refractivity contribution in [2.75, 3.05) is 17.5 Å². The van der Waals surface area contributed by atoms with Crippen molar-refractivity contribution < 1.29 is 4.79 Å². The van der Waals surface area contributed by atoms with Gasteiger partial charge in [-0.3, -0.25) is 4.79 Å². The Morgan fingerprint density at radius 1 is 1.58 bits per heavy atom. The third-order valence-corrected chi connectivity index (χ3v) is 3.02. The minimum absolute atomic E-state index is 0.295. The number of likely N-dealkylation sites (tertiary alicyclic amines) is 1. The summed E-state index contributed by atoms with van der Waals surface area (Å²) in [4.78, 5) is 13.4. The van der Waals surface area contributed by atoms with E-state index in [1.165, 1.54) is 6.42 Å². The van der Waals surface area contributed by atoms with Crippen molar-refractivity contribution in [2.45, 2.75) is 26.7 Å². The van der Waals surface area contributed by atoms with Crippen molar-refractivity contribution >= 4 is 28.5 Å². The van der Waals surface area contributed by atoms with E-state index in [0.717, 1.165) is 19.5 Å². The number of alkyl halides is 1. The van der Waals surface area contributed by atoms with Crippen LogP contribution in [0.1, 0.15) is 26.7 Å². The highest BCUT2D eigenvalue weighted by molar-refractivity contribution is 14.1. The fourth-order valence-corrected chi connectivity index (χ4v) is 2.20. The Labute approximate surface area is 87.8 Å². The van der Waals surface area contributed by atoms with E-state index in [0.29, 0.717) is 15.7 Å². The lowest BCUT2D eigenvalue weighted by atomic mass is 9.84. The molecule has 1 aliphatic heterocycles. The fraction of sp³-hybridized carbons (Fsp3) is 0.889. The standard InChI is InChI=1S/C9H16INO/c1-9(2)4-3-5-11(7-9)8(12)6-10/h3-7H2,1-2H3. The third-order valence-electron chi connectivity index (χ3n) is 2.37. The molecule has 3 heteroatoms. The third kappa shape index (κ3) is 2.61. The van der Waals surface area contributed by atoms with Crippen molar-refractivity contribution in [3.8, 4) is 0 Å². The lowest BCUT2D eigenvalue weighted by Crippen LogP contribution is -2.44. The first kappa shape index (κ1) is 10.3. The van der Waals surface area contributed by atoms with Crippen LogP contribution in [0.5, 0.6) is 0 Å². The molecule has 70 valence electrons. The number of hydrogen-bond donors (Lipinski definition) is 0. The van der Waals surface area contributed by atoms with Gasteiger partial charge in [-0.2, -0.15) is 0 Å². The Balaban J connectivity index is 2.52. The van der Waals surface area contributed by atoms with Crippen LogP contribution < -0.4 is 0 Å². The van der Waals surface area contributed by atoms with Crippen LogP contribution in [0, 0.1) is 5.41 Å². The molecule has 0 saturated carbocycles. The number of rotatable bonds is 1. The number of piperidine rings is 1. The van der Waals surface area contributed by atoms with Gasteiger partial charge >= 0.3 is 0 Å². The van der Waals surface area contributed by atoms with Gasteiger partial charge < -0.3 is 4.90 Å². The number of hydrogen-bond acceptors (Lipinski definition) is 1. The van der Waals surface area contributed by atoms with E-state index >= 15 is 0 Å². The van der Waals surface area contributed by atoms with Crippen LogP contribution in [0.15, 0.2) is 0 Å². The minimum Gasteiger partial charge on any atom is -0.342 e. The Bertz CT molecular complexity index is 179. The van der Waals surface area contributed by atoms with Gasteiger partial charge in [-0.1, -0.05) is 36.4 Å². The van der Waals surface area contributed by atoms with Crippen molar-refractivity contribution in [3.63, 3.8) is 0 Å². The van der Waals surface area contributed by atoms with Crippen molar-refractivity contribution in [1.82, 2.24) is 4.90 Å². The second-order valence-corrected chi connectivity index (χ2v) is 4.98. The van der Waals surface area contributed by atoms with Crippen LogP contribution >= 0.6 is 22.6 Å². The zero-order valence-electron chi connectivity index (χ0n) is 7.77. The number of carbonyl (C=O) groups is 1. The van der Waals surface area contributed by atoms with Crippen molar-refractivity contribution in [1.29, 1.82) is 0 Å². The van der Waals surface area contributed by atoms with Gasteiger partial charge in [0.1, 0.15) is 0 Å². The van der Waals surface area contributed by atoms with Gasteiger partial charge in [0.2, 0.25) is 5.91 Å². The summed E-state index contributed by atoms with van der Waals surface area (Å²) >= 11 is 2.14. The first-order chi connectivity index (χ1) is 5.55. The maximum Gasteiger partial charge on any atom is 0.232 e. The summed E-state index contributed by atoms with van der Waals surface area (Å²) in [7, 11) is 0. The molecule has 12 heavy (non-hydrogen) atoms. The molecule has 0 N–H and O–H groups in total. The van der Waals surface area contributed by atoms with Crippen LogP contribution in [0.2, 0.25) is 0 Å². The second-order valence-electron chi connectivity index (χ2n) is 4.22. The monoisotopic (exact) mass is 281 g/mol. The molecule has 1 saturated heterocycles. The second kappa shape index (κ2) is 3.94. The van der Waals surface area contributed by atoms with Gasteiger partial charge in [-0.25, -0.2) is 0 Å². The minimum atomic E-state index is 0.295. The molecule has 0 aromatic rings. The van der Waals surface area contributed by atoms with E-state index in [2.05, 4.69) is 36.4 Å². The van der Waals surface area contributed by atoms with Crippen LogP contribution in [0.3, 0.4) is 0 Å². The summed E-state index contributed by atoms with van der Waals surface area (Å²) in [6.07, 6.45) is 2.41. The predicted molar refractivity (Wildman–Crippen MR) is 58.5 cm³/mol. The average Bonchev–Trinajstić information content (AvgIpc) is 2.01. The zero-order chi connectivity index (χ0) is 9.19. The molecule has 0 aliphatic carbocycles. The Kier molecular flexibility index (Phi) is 3.37. The topological polar surface area (TPSA) is 20.3 Å². The zero-order valence-corrected chi connectivity index (χ0v) is 9.93. The van der Waals surface area contributed by atoms with E-state index in [9.17, 15) is 4.79 Å². The highest BCUT2D eigenvalue weighted by Crippen LogP contribution is 2.28. The van der Waals surface area contributed by atoms with E-state index in [1.54, 1.807) is 0 Å². The highest BCUT2D eigenvalue weighted by atomic mass is 127. The highest BCUT2D eigenvalue weighted by Gasteiger charge is 2.28. The van der Waals surface area contributed by atoms with Crippen molar-refractivity contribution in [2.24, 2.45) is 5.41 Å². The summed E-state index contributed by atoms with van der Waals surface area (Å²) in [5.41, 5.74) is 0.333. The molecule has 0 unspecified atom stereocenters. The largest absolute Gasteiger partial charge is 0.342 e. The molecule has 1 aliphatic rings. The molecule has 0 radical (unpaired) electrons. The van der Waals surface area contributed by atoms with Crippen LogP contribution in [-0.4, -0.2) is 28.3 Å². The molecule has 0 spiro atoms. The molecule has 1 amide bonds. The van der Waals surface area contributed by atoms with Gasteiger partial charge in [0.15, 0.2) is 0 Å². The number of amides is 1. The summed E-state index contributed by atoms with van der Waals surface area (Å²) in [6, 6.07) is 0. The molecule has 0 aromatic heterocycles. The Hall–Kier alpha value is 0.200. The molecule has 0 atom stereocenters. The maximum atomic E-state index is 11.4. The van der Waals surface area contributed by atoms with Gasteiger partial charge in [-0.05, 0) is 18.3 Å². The first-order valence-electron chi connectivity index (χ1n) is 4.39. The van der Waals surface area contributed by atoms with Crippen LogP contribution in [0.4, 0.5) is 0 Å². The molecule has 1 fully saturated rings. The van der Waals surface area contributed by atoms with Gasteiger partial charge in [-0.15, -0.1) is 0 Å². The van der Waals surface area contributed by atoms with E-state index in [-0.39, 0.29) is 0 Å². The van der Waals surface area contributed by atoms with E-state index in [1.807, 2.05) is 4.90 Å². The summed E-state index contributed by atoms with van der Waals surface area (Å²) < 4.78 is 0.619. The molecule has 0 aromatic carbocycles. The quantitative estimate of drug-likeness (QED) is 0.532. The number of nitrogens with zero attached hydrogens (tertiary/aromatic N) is 1. The van der Waals surface area contributed by atoms with Crippen LogP contribution in [-0.2, 0) is 4.79 Å². The molecular formula is C9H16INO. The normalized spacial score (nSPS) is 22.4.